The smallest absolute Gasteiger partial charge is 0.0540 e. The molecule has 2 nitrogen and oxygen atoms in total. The molecule has 0 saturated carbocycles. The van der Waals surface area contributed by atoms with E-state index in [9.17, 15) is 0 Å². The molecule has 9 aromatic rings. The Morgan fingerprint density at radius 2 is 0.885 bits per heavy atom. The summed E-state index contributed by atoms with van der Waals surface area (Å²) >= 11 is 0. The zero-order chi connectivity index (χ0) is 41.4. The van der Waals surface area contributed by atoms with Crippen LogP contribution in [0.4, 0.5) is 28.4 Å². The van der Waals surface area contributed by atoms with Gasteiger partial charge in [-0.05, 0) is 112 Å². The molecule has 0 aliphatic carbocycles. The highest BCUT2D eigenvalue weighted by Gasteiger charge is 2.18. The Morgan fingerprint density at radius 1 is 0.443 bits per heavy atom. The molecule has 0 amide bonds. The Hall–Kier alpha value is -7.68. The zero-order valence-corrected chi connectivity index (χ0v) is 34.5. The summed E-state index contributed by atoms with van der Waals surface area (Å²) in [6, 6.07) is 78.1. The highest BCUT2D eigenvalue weighted by molar-refractivity contribution is 5.99. The number of nitrogens with zero attached hydrogens (tertiary/aromatic N) is 2. The Labute approximate surface area is 360 Å². The first-order chi connectivity index (χ1) is 30.1. The van der Waals surface area contributed by atoms with E-state index in [1.54, 1.807) is 0 Å². The fraction of sp³-hybridized carbons (Fsp3) is 0.0508. The minimum absolute atomic E-state index is 0.713. The molecule has 0 fully saturated rings. The highest BCUT2D eigenvalue weighted by atomic mass is 15.2. The van der Waals surface area contributed by atoms with E-state index in [-0.39, 0.29) is 0 Å². The SMILES string of the molecule is C=C(C/C=C\C(=C/CC)N(c1ccc(-c2ccccc2)cc1)c1cccc2ccccc12)c1ccc(N(c2ccc(-c3ccccc3)cc2)c2cccc3ccccc23)cc1. The summed E-state index contributed by atoms with van der Waals surface area (Å²) < 4.78 is 0. The minimum Gasteiger partial charge on any atom is -0.310 e. The van der Waals surface area contributed by atoms with Gasteiger partial charge in [-0.25, -0.2) is 0 Å². The van der Waals surface area contributed by atoms with Gasteiger partial charge in [0.05, 0.1) is 11.4 Å². The van der Waals surface area contributed by atoms with Gasteiger partial charge in [-0.1, -0.05) is 196 Å². The summed E-state index contributed by atoms with van der Waals surface area (Å²) in [5, 5.41) is 4.84. The van der Waals surface area contributed by atoms with Crippen LogP contribution in [0.3, 0.4) is 0 Å². The number of benzene rings is 9. The second kappa shape index (κ2) is 18.1. The zero-order valence-electron chi connectivity index (χ0n) is 34.5. The monoisotopic (exact) mass is 784 g/mol. The fourth-order valence-electron chi connectivity index (χ4n) is 8.26. The van der Waals surface area contributed by atoms with Gasteiger partial charge in [0.2, 0.25) is 0 Å². The summed E-state index contributed by atoms with van der Waals surface area (Å²) in [7, 11) is 0. The molecular weight excluding hydrogens is 737 g/mol. The van der Waals surface area contributed by atoms with Crippen LogP contribution in [0.2, 0.25) is 0 Å². The van der Waals surface area contributed by atoms with E-state index < -0.39 is 0 Å². The molecule has 0 radical (unpaired) electrons. The van der Waals surface area contributed by atoms with Gasteiger partial charge < -0.3 is 9.80 Å². The average molecular weight is 785 g/mol. The average Bonchev–Trinajstić information content (AvgIpc) is 3.33. The predicted octanol–water partition coefficient (Wildman–Crippen LogP) is 16.9. The van der Waals surface area contributed by atoms with E-state index in [0.29, 0.717) is 6.42 Å². The topological polar surface area (TPSA) is 6.48 Å². The van der Waals surface area contributed by atoms with Gasteiger partial charge in [-0.3, -0.25) is 0 Å². The molecule has 0 saturated heterocycles. The van der Waals surface area contributed by atoms with Crippen molar-refractivity contribution in [2.24, 2.45) is 0 Å². The molecule has 61 heavy (non-hydrogen) atoms. The lowest BCUT2D eigenvalue weighted by atomic mass is 10.0. The van der Waals surface area contributed by atoms with Gasteiger partial charge in [0.25, 0.3) is 0 Å². The van der Waals surface area contributed by atoms with E-state index in [0.717, 1.165) is 51.7 Å². The molecule has 0 unspecified atom stereocenters. The Balaban J connectivity index is 1.01. The van der Waals surface area contributed by atoms with Crippen molar-refractivity contribution in [3.05, 3.63) is 254 Å². The molecule has 0 atom stereocenters. The maximum atomic E-state index is 4.58. The van der Waals surface area contributed by atoms with E-state index in [4.69, 9.17) is 0 Å². The van der Waals surface area contributed by atoms with Crippen molar-refractivity contribution in [1.82, 2.24) is 0 Å². The van der Waals surface area contributed by atoms with Crippen LogP contribution in [0.1, 0.15) is 25.3 Å². The van der Waals surface area contributed by atoms with Crippen molar-refractivity contribution < 1.29 is 0 Å². The lowest BCUT2D eigenvalue weighted by Gasteiger charge is -2.28. The van der Waals surface area contributed by atoms with Crippen LogP contribution < -0.4 is 9.80 Å². The van der Waals surface area contributed by atoms with Gasteiger partial charge in [0, 0.05) is 33.5 Å². The second-order valence-electron chi connectivity index (χ2n) is 15.3. The minimum atomic E-state index is 0.713. The normalized spacial score (nSPS) is 11.6. The molecule has 0 bridgehead atoms. The van der Waals surface area contributed by atoms with Gasteiger partial charge in [-0.2, -0.15) is 0 Å². The number of fused-ring (bicyclic) bond motifs is 2. The van der Waals surface area contributed by atoms with E-state index >= 15 is 0 Å². The quantitative estimate of drug-likeness (QED) is 0.107. The summed E-state index contributed by atoms with van der Waals surface area (Å²) in [5.41, 5.74) is 13.7. The molecular formula is C59H48N2. The molecule has 2 heteroatoms. The molecule has 294 valence electrons. The first kappa shape index (κ1) is 38.8. The third kappa shape index (κ3) is 8.44. The van der Waals surface area contributed by atoms with Crippen LogP contribution in [0.25, 0.3) is 49.4 Å². The number of allylic oxidation sites excluding steroid dienone is 4. The highest BCUT2D eigenvalue weighted by Crippen LogP contribution is 2.41. The van der Waals surface area contributed by atoms with Gasteiger partial charge in [0.1, 0.15) is 0 Å². The largest absolute Gasteiger partial charge is 0.310 e. The Kier molecular flexibility index (Phi) is 11.5. The van der Waals surface area contributed by atoms with E-state index in [1.807, 2.05) is 0 Å². The van der Waals surface area contributed by atoms with Crippen LogP contribution in [0.15, 0.2) is 249 Å². The van der Waals surface area contributed by atoms with E-state index in [1.165, 1.54) is 43.8 Å². The molecule has 0 aliphatic rings. The lowest BCUT2D eigenvalue weighted by Crippen LogP contribution is -2.15. The molecule has 9 aromatic carbocycles. The summed E-state index contributed by atoms with van der Waals surface area (Å²) in [6.07, 6.45) is 8.44. The van der Waals surface area contributed by atoms with Gasteiger partial charge in [0.15, 0.2) is 0 Å². The van der Waals surface area contributed by atoms with Crippen LogP contribution in [-0.4, -0.2) is 0 Å². The Morgan fingerprint density at radius 3 is 1.44 bits per heavy atom. The third-order valence-electron chi connectivity index (χ3n) is 11.3. The molecule has 0 aromatic heterocycles. The van der Waals surface area contributed by atoms with E-state index in [2.05, 4.69) is 260 Å². The lowest BCUT2D eigenvalue weighted by molar-refractivity contribution is 1.14. The van der Waals surface area contributed by atoms with Crippen LogP contribution in [0, 0.1) is 0 Å². The second-order valence-corrected chi connectivity index (χ2v) is 15.3. The molecule has 0 spiro atoms. The van der Waals surface area contributed by atoms with Crippen molar-refractivity contribution in [3.63, 3.8) is 0 Å². The maximum absolute atomic E-state index is 4.58. The van der Waals surface area contributed by atoms with Gasteiger partial charge >= 0.3 is 0 Å². The number of hydrogen-bond acceptors (Lipinski definition) is 2. The molecule has 9 rings (SSSR count). The number of rotatable bonds is 13. The van der Waals surface area contributed by atoms with Crippen molar-refractivity contribution in [1.29, 1.82) is 0 Å². The molecule has 0 aliphatic heterocycles. The Bertz CT molecular complexity index is 2950. The van der Waals surface area contributed by atoms with Crippen molar-refractivity contribution in [2.45, 2.75) is 19.8 Å². The first-order valence-corrected chi connectivity index (χ1v) is 21.2. The van der Waals surface area contributed by atoms with Crippen LogP contribution >= 0.6 is 0 Å². The van der Waals surface area contributed by atoms with Crippen molar-refractivity contribution >= 4 is 55.6 Å². The van der Waals surface area contributed by atoms with Gasteiger partial charge in [-0.15, -0.1) is 0 Å². The van der Waals surface area contributed by atoms with Crippen molar-refractivity contribution in [2.75, 3.05) is 9.80 Å². The fourth-order valence-corrected chi connectivity index (χ4v) is 8.26. The summed E-state index contributed by atoms with van der Waals surface area (Å²) in [5.74, 6) is 0. The third-order valence-corrected chi connectivity index (χ3v) is 11.3. The van der Waals surface area contributed by atoms with Crippen LogP contribution in [-0.2, 0) is 0 Å². The standard InChI is InChI=1S/C59H48N2/c1-3-17-52(60(58-30-15-25-50-23-10-12-28-56(50)58)54-40-34-48(35-41-54)46-19-6-4-7-20-46)27-14-18-44(2)45-32-38-53(39-33-45)61(59-31-16-26-51-24-11-13-29-57(51)59)55-42-36-49(37-43-55)47-21-8-5-9-22-47/h4-17,19-43H,2-3,18H2,1H3/b27-14-,52-17+. The molecule has 0 N–H and O–H groups in total. The summed E-state index contributed by atoms with van der Waals surface area (Å²) in [4.78, 5) is 4.75. The van der Waals surface area contributed by atoms with Crippen LogP contribution in [0.5, 0.6) is 0 Å². The van der Waals surface area contributed by atoms with Crippen molar-refractivity contribution in [3.8, 4) is 22.3 Å². The summed E-state index contributed by atoms with van der Waals surface area (Å²) in [6.45, 7) is 6.78. The number of anilines is 5. The first-order valence-electron chi connectivity index (χ1n) is 21.2. The predicted molar refractivity (Wildman–Crippen MR) is 263 cm³/mol. The maximum Gasteiger partial charge on any atom is 0.0540 e. The number of hydrogen-bond donors (Lipinski definition) is 0. The molecule has 0 heterocycles.